The minimum atomic E-state index is -4.71. The fourth-order valence-corrected chi connectivity index (χ4v) is 1.24. The molecule has 0 aliphatic heterocycles. The molecule has 0 bridgehead atoms. The first-order valence-electron chi connectivity index (χ1n) is 4.96. The summed E-state index contributed by atoms with van der Waals surface area (Å²) in [5, 5.41) is 0.718. The van der Waals surface area contributed by atoms with Crippen LogP contribution in [0.3, 0.4) is 0 Å². The summed E-state index contributed by atoms with van der Waals surface area (Å²) in [4.78, 5) is 0. The first-order valence-corrected chi connectivity index (χ1v) is 6.08. The van der Waals surface area contributed by atoms with Gasteiger partial charge in [-0.2, -0.15) is 0 Å². The van der Waals surface area contributed by atoms with Crippen LogP contribution in [0.15, 0.2) is 24.3 Å². The third-order valence-corrected chi connectivity index (χ3v) is 2.97. The van der Waals surface area contributed by atoms with Crippen molar-refractivity contribution >= 4 is 15.9 Å². The molecule has 1 atom stereocenters. The molecule has 0 heterocycles. The van der Waals surface area contributed by atoms with E-state index in [2.05, 4.69) is 20.7 Å². The Labute approximate surface area is 106 Å². The first kappa shape index (κ1) is 14.2. The quantitative estimate of drug-likeness (QED) is 0.765. The van der Waals surface area contributed by atoms with Crippen LogP contribution in [0.5, 0.6) is 11.5 Å². The highest BCUT2D eigenvalue weighted by Gasteiger charge is 2.32. The highest BCUT2D eigenvalue weighted by molar-refractivity contribution is 9.09. The molecule has 0 aromatic heterocycles. The number of hydrogen-bond acceptors (Lipinski definition) is 2. The maximum absolute atomic E-state index is 12.1. The first-order chi connectivity index (χ1) is 7.92. The molecule has 1 aromatic rings. The third-order valence-electron chi connectivity index (χ3n) is 1.86. The van der Waals surface area contributed by atoms with E-state index in [9.17, 15) is 13.2 Å². The third kappa shape index (κ3) is 5.30. The molecule has 96 valence electrons. The maximum atomic E-state index is 12.1. The summed E-state index contributed by atoms with van der Waals surface area (Å²) in [5.74, 6) is -0.0201. The van der Waals surface area contributed by atoms with Crippen LogP contribution in [-0.4, -0.2) is 18.3 Å². The van der Waals surface area contributed by atoms with Gasteiger partial charge in [-0.1, -0.05) is 35.0 Å². The topological polar surface area (TPSA) is 18.5 Å². The van der Waals surface area contributed by atoms with Crippen molar-refractivity contribution in [2.75, 3.05) is 11.9 Å². The van der Waals surface area contributed by atoms with E-state index >= 15 is 0 Å². The van der Waals surface area contributed by atoms with Crippen LogP contribution in [0, 0.1) is 5.92 Å². The van der Waals surface area contributed by atoms with Crippen molar-refractivity contribution in [2.45, 2.75) is 13.3 Å². The summed E-state index contributed by atoms with van der Waals surface area (Å²) < 4.78 is 45.4. The monoisotopic (exact) mass is 312 g/mol. The zero-order valence-electron chi connectivity index (χ0n) is 9.13. The largest absolute Gasteiger partial charge is 0.573 e. The number of para-hydroxylation sites is 2. The molecule has 1 rings (SSSR count). The van der Waals surface area contributed by atoms with Gasteiger partial charge >= 0.3 is 6.36 Å². The minimum Gasteiger partial charge on any atom is -0.489 e. The lowest BCUT2D eigenvalue weighted by atomic mass is 10.2. The van der Waals surface area contributed by atoms with Crippen LogP contribution in [0.4, 0.5) is 13.2 Å². The Balaban J connectivity index is 2.71. The van der Waals surface area contributed by atoms with Crippen molar-refractivity contribution in [3.8, 4) is 11.5 Å². The van der Waals surface area contributed by atoms with Gasteiger partial charge in [0.25, 0.3) is 0 Å². The predicted molar refractivity (Wildman–Crippen MR) is 61.6 cm³/mol. The Bertz CT molecular complexity index is 355. The highest BCUT2D eigenvalue weighted by atomic mass is 79.9. The van der Waals surface area contributed by atoms with Crippen LogP contribution in [0.25, 0.3) is 0 Å². The molecular weight excluding hydrogens is 301 g/mol. The summed E-state index contributed by atoms with van der Waals surface area (Å²) in [7, 11) is 0. The van der Waals surface area contributed by atoms with E-state index in [1.165, 1.54) is 18.2 Å². The Morgan fingerprint density at radius 1 is 1.24 bits per heavy atom. The average molecular weight is 313 g/mol. The zero-order valence-corrected chi connectivity index (χ0v) is 10.7. The summed E-state index contributed by atoms with van der Waals surface area (Å²) in [6, 6.07) is 5.73. The van der Waals surface area contributed by atoms with Gasteiger partial charge in [0.1, 0.15) is 0 Å². The smallest absolute Gasteiger partial charge is 0.489 e. The fourth-order valence-electron chi connectivity index (χ4n) is 1.05. The van der Waals surface area contributed by atoms with E-state index in [4.69, 9.17) is 4.74 Å². The minimum absolute atomic E-state index is 0.0950. The van der Waals surface area contributed by atoms with Crippen LogP contribution in [0.2, 0.25) is 0 Å². The molecule has 0 saturated carbocycles. The lowest BCUT2D eigenvalue weighted by Crippen LogP contribution is -2.18. The molecule has 0 aliphatic rings. The molecule has 0 saturated heterocycles. The van der Waals surface area contributed by atoms with Crippen molar-refractivity contribution in [3.05, 3.63) is 24.3 Å². The van der Waals surface area contributed by atoms with Crippen LogP contribution in [0.1, 0.15) is 6.92 Å². The van der Waals surface area contributed by atoms with Crippen LogP contribution >= 0.6 is 15.9 Å². The van der Waals surface area contributed by atoms with Gasteiger partial charge in [0, 0.05) is 5.33 Å². The standard InChI is InChI=1S/C11H12BrF3O2/c1-8(6-12)7-16-9-4-2-3-5-10(9)17-11(13,14)15/h2-5,8H,6-7H2,1H3. The van der Waals surface area contributed by atoms with E-state index in [-0.39, 0.29) is 17.4 Å². The molecular formula is C11H12BrF3O2. The summed E-state index contributed by atoms with van der Waals surface area (Å²) in [6.45, 7) is 2.24. The Morgan fingerprint density at radius 2 is 1.82 bits per heavy atom. The van der Waals surface area contributed by atoms with Crippen molar-refractivity contribution in [1.29, 1.82) is 0 Å². The van der Waals surface area contributed by atoms with Gasteiger partial charge in [-0.3, -0.25) is 0 Å². The predicted octanol–water partition coefficient (Wildman–Crippen LogP) is 4.00. The second-order valence-electron chi connectivity index (χ2n) is 3.57. The van der Waals surface area contributed by atoms with Gasteiger partial charge in [0.05, 0.1) is 6.61 Å². The number of alkyl halides is 4. The molecule has 6 heteroatoms. The Hall–Kier alpha value is -0.910. The average Bonchev–Trinajstić information content (AvgIpc) is 2.25. The highest BCUT2D eigenvalue weighted by Crippen LogP contribution is 2.31. The van der Waals surface area contributed by atoms with Gasteiger partial charge < -0.3 is 9.47 Å². The van der Waals surface area contributed by atoms with Crippen molar-refractivity contribution < 1.29 is 22.6 Å². The lowest BCUT2D eigenvalue weighted by Gasteiger charge is -2.15. The number of rotatable bonds is 5. The molecule has 0 aliphatic carbocycles. The Morgan fingerprint density at radius 3 is 2.35 bits per heavy atom. The molecule has 17 heavy (non-hydrogen) atoms. The molecule has 0 fully saturated rings. The van der Waals surface area contributed by atoms with E-state index in [0.29, 0.717) is 6.61 Å². The SMILES string of the molecule is CC(CBr)COc1ccccc1OC(F)(F)F. The molecule has 2 nitrogen and oxygen atoms in total. The van der Waals surface area contributed by atoms with E-state index in [1.54, 1.807) is 6.07 Å². The van der Waals surface area contributed by atoms with Crippen LogP contribution in [-0.2, 0) is 0 Å². The normalized spacial score (nSPS) is 13.2. The molecule has 1 aromatic carbocycles. The zero-order chi connectivity index (χ0) is 12.9. The fraction of sp³-hybridized carbons (Fsp3) is 0.455. The second-order valence-corrected chi connectivity index (χ2v) is 4.21. The molecule has 0 spiro atoms. The lowest BCUT2D eigenvalue weighted by molar-refractivity contribution is -0.275. The number of halogens is 4. The van der Waals surface area contributed by atoms with E-state index < -0.39 is 6.36 Å². The van der Waals surface area contributed by atoms with Crippen molar-refractivity contribution in [2.24, 2.45) is 5.92 Å². The van der Waals surface area contributed by atoms with E-state index in [0.717, 1.165) is 5.33 Å². The van der Waals surface area contributed by atoms with Gasteiger partial charge in [-0.05, 0) is 18.1 Å². The molecule has 0 radical (unpaired) electrons. The number of benzene rings is 1. The van der Waals surface area contributed by atoms with Crippen molar-refractivity contribution in [1.82, 2.24) is 0 Å². The molecule has 0 amide bonds. The van der Waals surface area contributed by atoms with Crippen molar-refractivity contribution in [3.63, 3.8) is 0 Å². The van der Waals surface area contributed by atoms with Gasteiger partial charge in [-0.15, -0.1) is 13.2 Å². The summed E-state index contributed by atoms with van der Waals surface area (Å²) >= 11 is 3.26. The molecule has 1 unspecified atom stereocenters. The molecule has 0 N–H and O–H groups in total. The van der Waals surface area contributed by atoms with Gasteiger partial charge in [0.2, 0.25) is 0 Å². The summed E-state index contributed by atoms with van der Waals surface area (Å²) in [5.41, 5.74) is 0. The van der Waals surface area contributed by atoms with Gasteiger partial charge in [0.15, 0.2) is 11.5 Å². The second kappa shape index (κ2) is 6.14. The van der Waals surface area contributed by atoms with E-state index in [1.807, 2.05) is 6.92 Å². The maximum Gasteiger partial charge on any atom is 0.573 e. The summed E-state index contributed by atoms with van der Waals surface area (Å²) in [6.07, 6.45) is -4.71. The number of hydrogen-bond donors (Lipinski definition) is 0. The van der Waals surface area contributed by atoms with Gasteiger partial charge in [-0.25, -0.2) is 0 Å². The Kier molecular flexibility index (Phi) is 5.11. The number of ether oxygens (including phenoxy) is 2. The van der Waals surface area contributed by atoms with Crippen LogP contribution < -0.4 is 9.47 Å².